The minimum atomic E-state index is -0.668. The van der Waals surface area contributed by atoms with Crippen LogP contribution in [0.15, 0.2) is 35.2 Å². The van der Waals surface area contributed by atoms with Crippen LogP contribution in [0.3, 0.4) is 0 Å². The zero-order chi connectivity index (χ0) is 15.4. The maximum Gasteiger partial charge on any atom is 0.513 e. The van der Waals surface area contributed by atoms with Crippen molar-refractivity contribution in [2.45, 2.75) is 32.1 Å². The van der Waals surface area contributed by atoms with Gasteiger partial charge in [-0.3, -0.25) is 0 Å². The molecule has 0 N–H and O–H groups in total. The first kappa shape index (κ1) is 15.7. The van der Waals surface area contributed by atoms with Gasteiger partial charge in [0, 0.05) is 10.5 Å². The lowest BCUT2D eigenvalue weighted by Crippen LogP contribution is -2.09. The fraction of sp³-hybridized carbons (Fsp3) is 0.353. The number of ether oxygens (including phenoxy) is 2. The predicted octanol–water partition coefficient (Wildman–Crippen LogP) is 4.81. The fourth-order valence-corrected chi connectivity index (χ4v) is 2.55. The van der Waals surface area contributed by atoms with Crippen LogP contribution in [0.1, 0.15) is 26.3 Å². The molecule has 0 radical (unpaired) electrons. The van der Waals surface area contributed by atoms with Crippen LogP contribution in [0.4, 0.5) is 4.79 Å². The lowest BCUT2D eigenvalue weighted by atomic mass is 10.0. The predicted molar refractivity (Wildman–Crippen MR) is 86.5 cm³/mol. The number of thiol groups is 1. The van der Waals surface area contributed by atoms with E-state index in [1.54, 1.807) is 6.92 Å². The molecule has 2 rings (SSSR count). The van der Waals surface area contributed by atoms with Crippen molar-refractivity contribution in [2.75, 3.05) is 6.61 Å². The minimum Gasteiger partial charge on any atom is -0.434 e. The first-order valence-electron chi connectivity index (χ1n) is 7.10. The van der Waals surface area contributed by atoms with Crippen molar-refractivity contribution < 1.29 is 14.3 Å². The monoisotopic (exact) mass is 304 g/mol. The fourth-order valence-electron chi connectivity index (χ4n) is 2.33. The van der Waals surface area contributed by atoms with Crippen LogP contribution < -0.4 is 4.74 Å². The highest BCUT2D eigenvalue weighted by molar-refractivity contribution is 7.80. The van der Waals surface area contributed by atoms with Crippen LogP contribution in [0, 0.1) is 5.92 Å². The van der Waals surface area contributed by atoms with E-state index >= 15 is 0 Å². The van der Waals surface area contributed by atoms with Gasteiger partial charge >= 0.3 is 6.16 Å². The molecule has 0 aliphatic heterocycles. The van der Waals surface area contributed by atoms with Crippen LogP contribution in [0.2, 0.25) is 0 Å². The van der Waals surface area contributed by atoms with Crippen LogP contribution >= 0.6 is 12.6 Å². The zero-order valence-corrected chi connectivity index (χ0v) is 13.4. The summed E-state index contributed by atoms with van der Waals surface area (Å²) < 4.78 is 10.2. The van der Waals surface area contributed by atoms with Crippen molar-refractivity contribution in [2.24, 2.45) is 5.92 Å². The van der Waals surface area contributed by atoms with Gasteiger partial charge in [0.15, 0.2) is 0 Å². The van der Waals surface area contributed by atoms with E-state index in [0.29, 0.717) is 18.3 Å². The Balaban J connectivity index is 2.43. The molecule has 0 amide bonds. The SMILES string of the molecule is CCOC(=O)Oc1cc(CC(C)C)c2cc(S)cccc1-2. The molecule has 0 aromatic rings. The maximum atomic E-state index is 11.6. The van der Waals surface area contributed by atoms with Crippen LogP contribution in [0.25, 0.3) is 11.1 Å². The van der Waals surface area contributed by atoms with Crippen LogP contribution in [0.5, 0.6) is 5.75 Å². The number of hydrogen-bond acceptors (Lipinski definition) is 4. The molecule has 3 nitrogen and oxygen atoms in total. The lowest BCUT2D eigenvalue weighted by Gasteiger charge is -2.05. The first-order chi connectivity index (χ1) is 10.0. The Bertz CT molecular complexity index is 607. The van der Waals surface area contributed by atoms with E-state index in [2.05, 4.69) is 26.5 Å². The Labute approximate surface area is 131 Å². The normalized spacial score (nSPS) is 10.9. The van der Waals surface area contributed by atoms with E-state index in [1.807, 2.05) is 30.3 Å². The average Bonchev–Trinajstić information content (AvgIpc) is 2.58. The molecule has 0 aromatic heterocycles. The molecule has 0 bridgehead atoms. The van der Waals surface area contributed by atoms with Gasteiger partial charge in [0.05, 0.1) is 6.61 Å². The number of fused-ring (bicyclic) bond motifs is 1. The van der Waals surface area contributed by atoms with Crippen molar-refractivity contribution in [3.8, 4) is 16.9 Å². The third-order valence-electron chi connectivity index (χ3n) is 3.11. The number of hydrogen-bond donors (Lipinski definition) is 1. The molecule has 0 heterocycles. The summed E-state index contributed by atoms with van der Waals surface area (Å²) in [6.45, 7) is 6.37. The molecule has 0 fully saturated rings. The highest BCUT2D eigenvalue weighted by Crippen LogP contribution is 2.39. The summed E-state index contributed by atoms with van der Waals surface area (Å²) in [7, 11) is 0. The molecule has 0 saturated carbocycles. The summed E-state index contributed by atoms with van der Waals surface area (Å²) in [5, 5.41) is 0. The van der Waals surface area contributed by atoms with Crippen molar-refractivity contribution in [1.29, 1.82) is 0 Å². The third-order valence-corrected chi connectivity index (χ3v) is 3.39. The topological polar surface area (TPSA) is 35.5 Å². The van der Waals surface area contributed by atoms with Crippen molar-refractivity contribution >= 4 is 18.8 Å². The van der Waals surface area contributed by atoms with Crippen LogP contribution in [-0.2, 0) is 11.2 Å². The molecule has 0 aromatic carbocycles. The van der Waals surface area contributed by atoms with Gasteiger partial charge in [-0.15, -0.1) is 12.6 Å². The summed E-state index contributed by atoms with van der Waals surface area (Å²) in [5.41, 5.74) is 3.13. The molecule has 0 spiro atoms. The molecule has 0 saturated heterocycles. The average molecular weight is 304 g/mol. The summed E-state index contributed by atoms with van der Waals surface area (Å²) in [6, 6.07) is 9.69. The molecule has 2 aliphatic rings. The van der Waals surface area contributed by atoms with E-state index < -0.39 is 6.16 Å². The molecule has 4 heteroatoms. The van der Waals surface area contributed by atoms with Gasteiger partial charge in [-0.05, 0) is 48.6 Å². The summed E-state index contributed by atoms with van der Waals surface area (Å²) in [6.07, 6.45) is 0.248. The Hall–Kier alpha value is -1.68. The van der Waals surface area contributed by atoms with Crippen molar-refractivity contribution in [3.05, 3.63) is 35.9 Å². The second-order valence-electron chi connectivity index (χ2n) is 5.34. The maximum absolute atomic E-state index is 11.6. The lowest BCUT2D eigenvalue weighted by molar-refractivity contribution is 0.104. The van der Waals surface area contributed by atoms with Crippen molar-refractivity contribution in [1.82, 2.24) is 0 Å². The summed E-state index contributed by atoms with van der Waals surface area (Å²) >= 11 is 4.43. The standard InChI is InChI=1S/C17H20O3S/c1-4-19-17(18)20-16-9-12(8-11(2)3)15-10-13(21)6-5-7-14(15)16/h5-7,9-11,21H,4,8H2,1-3H3. The van der Waals surface area contributed by atoms with Gasteiger partial charge < -0.3 is 9.47 Å². The second-order valence-corrected chi connectivity index (χ2v) is 5.86. The zero-order valence-electron chi connectivity index (χ0n) is 12.6. The Morgan fingerprint density at radius 3 is 2.67 bits per heavy atom. The molecule has 0 atom stereocenters. The molecule has 0 unspecified atom stereocenters. The highest BCUT2D eigenvalue weighted by atomic mass is 32.1. The Kier molecular flexibility index (Phi) is 5.12. The highest BCUT2D eigenvalue weighted by Gasteiger charge is 2.19. The molecular weight excluding hydrogens is 284 g/mol. The van der Waals surface area contributed by atoms with Gasteiger partial charge in [-0.1, -0.05) is 26.0 Å². The van der Waals surface area contributed by atoms with E-state index in [-0.39, 0.29) is 0 Å². The second kappa shape index (κ2) is 6.85. The van der Waals surface area contributed by atoms with Gasteiger partial charge in [0.2, 0.25) is 0 Å². The number of rotatable bonds is 4. The van der Waals surface area contributed by atoms with Gasteiger partial charge in [-0.2, -0.15) is 0 Å². The van der Waals surface area contributed by atoms with E-state index in [9.17, 15) is 4.79 Å². The Morgan fingerprint density at radius 1 is 1.24 bits per heavy atom. The molecular formula is C17H20O3S. The number of carbonyl (C=O) groups is 1. The van der Waals surface area contributed by atoms with Crippen LogP contribution in [-0.4, -0.2) is 12.8 Å². The van der Waals surface area contributed by atoms with E-state index in [1.165, 1.54) is 0 Å². The van der Waals surface area contributed by atoms with E-state index in [0.717, 1.165) is 28.0 Å². The minimum absolute atomic E-state index is 0.297. The number of carbonyl (C=O) groups excluding carboxylic acids is 1. The van der Waals surface area contributed by atoms with E-state index in [4.69, 9.17) is 9.47 Å². The first-order valence-corrected chi connectivity index (χ1v) is 7.55. The quantitative estimate of drug-likeness (QED) is 0.650. The van der Waals surface area contributed by atoms with Gasteiger partial charge in [-0.25, -0.2) is 4.79 Å². The third kappa shape index (κ3) is 3.91. The molecule has 112 valence electrons. The molecule has 2 aliphatic carbocycles. The largest absolute Gasteiger partial charge is 0.513 e. The molecule has 21 heavy (non-hydrogen) atoms. The van der Waals surface area contributed by atoms with Gasteiger partial charge in [0.1, 0.15) is 5.75 Å². The van der Waals surface area contributed by atoms with Crippen molar-refractivity contribution in [3.63, 3.8) is 0 Å². The summed E-state index contributed by atoms with van der Waals surface area (Å²) in [5.74, 6) is 1.06. The summed E-state index contributed by atoms with van der Waals surface area (Å²) in [4.78, 5) is 12.5. The smallest absolute Gasteiger partial charge is 0.434 e. The Morgan fingerprint density at radius 2 is 2.00 bits per heavy atom. The van der Waals surface area contributed by atoms with Gasteiger partial charge in [0.25, 0.3) is 0 Å².